The number of hydrogen-bond acceptors (Lipinski definition) is 3. The zero-order valence-electron chi connectivity index (χ0n) is 10.9. The van der Waals surface area contributed by atoms with Gasteiger partial charge in [0.15, 0.2) is 0 Å². The Morgan fingerprint density at radius 2 is 1.89 bits per heavy atom. The molecule has 1 aliphatic carbocycles. The van der Waals surface area contributed by atoms with Crippen molar-refractivity contribution in [2.24, 2.45) is 11.8 Å². The molecule has 0 bridgehead atoms. The fourth-order valence-corrected chi connectivity index (χ4v) is 2.79. The van der Waals surface area contributed by atoms with Crippen LogP contribution < -0.4 is 0 Å². The van der Waals surface area contributed by atoms with Crippen LogP contribution in [0.2, 0.25) is 0 Å². The minimum Gasteiger partial charge on any atom is -0.445 e. The van der Waals surface area contributed by atoms with Crippen LogP contribution in [0.1, 0.15) is 18.4 Å². The van der Waals surface area contributed by atoms with Crippen molar-refractivity contribution in [1.82, 2.24) is 4.90 Å². The van der Waals surface area contributed by atoms with Gasteiger partial charge >= 0.3 is 6.09 Å². The largest absolute Gasteiger partial charge is 0.445 e. The molecule has 0 unspecified atom stereocenters. The minimum absolute atomic E-state index is 0.107. The van der Waals surface area contributed by atoms with Gasteiger partial charge in [-0.3, -0.25) is 0 Å². The lowest BCUT2D eigenvalue weighted by Crippen LogP contribution is -2.55. The molecule has 2 fully saturated rings. The molecule has 1 aromatic carbocycles. The summed E-state index contributed by atoms with van der Waals surface area (Å²) in [7, 11) is 0. The quantitative estimate of drug-likeness (QED) is 0.905. The molecule has 1 saturated carbocycles. The summed E-state index contributed by atoms with van der Waals surface area (Å²) in [5.74, 6) is 1.17. The normalized spacial score (nSPS) is 26.5. The Kier molecular flexibility index (Phi) is 3.42. The average Bonchev–Trinajstić information content (AvgIpc) is 2.34. The van der Waals surface area contributed by atoms with Crippen molar-refractivity contribution in [3.05, 3.63) is 35.9 Å². The highest BCUT2D eigenvalue weighted by Gasteiger charge is 2.42. The van der Waals surface area contributed by atoms with Crippen molar-refractivity contribution >= 4 is 6.09 Å². The Morgan fingerprint density at radius 1 is 1.21 bits per heavy atom. The maximum atomic E-state index is 11.8. The first-order valence-corrected chi connectivity index (χ1v) is 6.86. The Morgan fingerprint density at radius 3 is 2.53 bits per heavy atom. The maximum absolute atomic E-state index is 11.8. The van der Waals surface area contributed by atoms with Crippen molar-refractivity contribution in [2.45, 2.75) is 25.6 Å². The van der Waals surface area contributed by atoms with E-state index in [1.165, 1.54) is 0 Å². The Bertz CT molecular complexity index is 436. The molecule has 1 saturated heterocycles. The molecule has 0 aromatic heterocycles. The molecule has 1 aromatic rings. The van der Waals surface area contributed by atoms with Gasteiger partial charge in [0.05, 0.1) is 6.10 Å². The van der Waals surface area contributed by atoms with E-state index in [1.54, 1.807) is 4.90 Å². The van der Waals surface area contributed by atoms with Crippen LogP contribution in [0.15, 0.2) is 30.3 Å². The highest BCUT2D eigenvalue weighted by atomic mass is 16.6. The number of ether oxygens (including phenoxy) is 1. The van der Waals surface area contributed by atoms with E-state index in [9.17, 15) is 9.90 Å². The van der Waals surface area contributed by atoms with Gasteiger partial charge in [0, 0.05) is 13.1 Å². The summed E-state index contributed by atoms with van der Waals surface area (Å²) in [6, 6.07) is 9.71. The Balaban J connectivity index is 1.38. The summed E-state index contributed by atoms with van der Waals surface area (Å²) < 4.78 is 5.27. The lowest BCUT2D eigenvalue weighted by Gasteiger charge is -2.47. The third-order valence-electron chi connectivity index (χ3n) is 4.19. The lowest BCUT2D eigenvalue weighted by molar-refractivity contribution is -0.0381. The zero-order chi connectivity index (χ0) is 13.2. The third kappa shape index (κ3) is 2.73. The van der Waals surface area contributed by atoms with Crippen LogP contribution in [0.25, 0.3) is 0 Å². The van der Waals surface area contributed by atoms with E-state index in [1.807, 2.05) is 30.3 Å². The maximum Gasteiger partial charge on any atom is 0.410 e. The average molecular weight is 261 g/mol. The molecule has 0 spiro atoms. The van der Waals surface area contributed by atoms with E-state index in [0.29, 0.717) is 18.4 Å². The monoisotopic (exact) mass is 261 g/mol. The predicted molar refractivity (Wildman–Crippen MR) is 70.4 cm³/mol. The van der Waals surface area contributed by atoms with E-state index in [4.69, 9.17) is 4.74 Å². The van der Waals surface area contributed by atoms with Crippen molar-refractivity contribution in [1.29, 1.82) is 0 Å². The van der Waals surface area contributed by atoms with Crippen molar-refractivity contribution in [2.75, 3.05) is 13.1 Å². The summed E-state index contributed by atoms with van der Waals surface area (Å²) in [6.07, 6.45) is 1.47. The van der Waals surface area contributed by atoms with Gasteiger partial charge in [-0.25, -0.2) is 4.79 Å². The van der Waals surface area contributed by atoms with Gasteiger partial charge in [-0.1, -0.05) is 30.3 Å². The van der Waals surface area contributed by atoms with Crippen LogP contribution in [0.4, 0.5) is 4.79 Å². The summed E-state index contributed by atoms with van der Waals surface area (Å²) >= 11 is 0. The van der Waals surface area contributed by atoms with E-state index in [-0.39, 0.29) is 12.2 Å². The summed E-state index contributed by atoms with van der Waals surface area (Å²) in [6.45, 7) is 1.90. The standard InChI is InChI=1S/C15H19NO3/c17-14-6-12(7-14)13-8-16(9-13)15(18)19-10-11-4-2-1-3-5-11/h1-5,12-14,17H,6-10H2. The molecule has 4 heteroatoms. The number of likely N-dealkylation sites (tertiary alicyclic amines) is 1. The molecule has 0 radical (unpaired) electrons. The molecule has 1 N–H and O–H groups in total. The number of aliphatic hydroxyl groups excluding tert-OH is 1. The Hall–Kier alpha value is -1.55. The third-order valence-corrected chi connectivity index (χ3v) is 4.19. The van der Waals surface area contributed by atoms with Gasteiger partial charge in [0.2, 0.25) is 0 Å². The second-order valence-electron chi connectivity index (χ2n) is 5.59. The molecule has 3 rings (SSSR count). The molecular formula is C15H19NO3. The number of benzene rings is 1. The SMILES string of the molecule is O=C(OCc1ccccc1)N1CC(C2CC(O)C2)C1. The van der Waals surface area contributed by atoms with E-state index >= 15 is 0 Å². The van der Waals surface area contributed by atoms with Gasteiger partial charge in [-0.05, 0) is 30.2 Å². The number of rotatable bonds is 3. The zero-order valence-corrected chi connectivity index (χ0v) is 10.9. The van der Waals surface area contributed by atoms with E-state index < -0.39 is 0 Å². The highest BCUT2D eigenvalue weighted by molar-refractivity contribution is 5.68. The fourth-order valence-electron chi connectivity index (χ4n) is 2.79. The second kappa shape index (κ2) is 5.21. The van der Waals surface area contributed by atoms with Gasteiger partial charge in [-0.2, -0.15) is 0 Å². The van der Waals surface area contributed by atoms with Gasteiger partial charge < -0.3 is 14.7 Å². The lowest BCUT2D eigenvalue weighted by atomic mass is 9.71. The van der Waals surface area contributed by atoms with Crippen LogP contribution in [-0.2, 0) is 11.3 Å². The first-order valence-electron chi connectivity index (χ1n) is 6.86. The number of carbonyl (C=O) groups excluding carboxylic acids is 1. The summed E-state index contributed by atoms with van der Waals surface area (Å²) in [5, 5.41) is 9.27. The van der Waals surface area contributed by atoms with Crippen LogP contribution >= 0.6 is 0 Å². The molecule has 4 nitrogen and oxygen atoms in total. The first kappa shape index (κ1) is 12.5. The number of amides is 1. The molecule has 1 heterocycles. The number of hydrogen-bond donors (Lipinski definition) is 1. The second-order valence-corrected chi connectivity index (χ2v) is 5.59. The van der Waals surface area contributed by atoms with Gasteiger partial charge in [0.25, 0.3) is 0 Å². The van der Waals surface area contributed by atoms with Crippen LogP contribution in [-0.4, -0.2) is 35.3 Å². The van der Waals surface area contributed by atoms with Crippen LogP contribution in [0, 0.1) is 11.8 Å². The summed E-state index contributed by atoms with van der Waals surface area (Å²) in [5.41, 5.74) is 1.01. The van der Waals surface area contributed by atoms with Crippen LogP contribution in [0.3, 0.4) is 0 Å². The molecule has 102 valence electrons. The van der Waals surface area contributed by atoms with Crippen molar-refractivity contribution in [3.8, 4) is 0 Å². The summed E-state index contributed by atoms with van der Waals surface area (Å²) in [4.78, 5) is 13.5. The molecule has 0 atom stereocenters. The predicted octanol–water partition coefficient (Wildman–Crippen LogP) is 2.03. The number of aliphatic hydroxyl groups is 1. The topological polar surface area (TPSA) is 49.8 Å². The molecular weight excluding hydrogens is 242 g/mol. The van der Waals surface area contributed by atoms with E-state index in [0.717, 1.165) is 31.5 Å². The van der Waals surface area contributed by atoms with Crippen molar-refractivity contribution < 1.29 is 14.6 Å². The number of carbonyl (C=O) groups is 1. The smallest absolute Gasteiger partial charge is 0.410 e. The van der Waals surface area contributed by atoms with Crippen LogP contribution in [0.5, 0.6) is 0 Å². The number of nitrogens with zero attached hydrogens (tertiary/aromatic N) is 1. The molecule has 19 heavy (non-hydrogen) atoms. The fraction of sp³-hybridized carbons (Fsp3) is 0.533. The Labute approximate surface area is 113 Å². The van der Waals surface area contributed by atoms with Gasteiger partial charge in [0.1, 0.15) is 6.61 Å². The molecule has 1 aliphatic heterocycles. The highest BCUT2D eigenvalue weighted by Crippen LogP contribution is 2.38. The van der Waals surface area contributed by atoms with E-state index in [2.05, 4.69) is 0 Å². The molecule has 2 aliphatic rings. The minimum atomic E-state index is -0.222. The first-order chi connectivity index (χ1) is 9.22. The van der Waals surface area contributed by atoms with Crippen molar-refractivity contribution in [3.63, 3.8) is 0 Å². The molecule has 1 amide bonds. The van der Waals surface area contributed by atoms with Gasteiger partial charge in [-0.15, -0.1) is 0 Å².